The molecule has 0 atom stereocenters. The molecule has 0 bridgehead atoms. The van der Waals surface area contributed by atoms with E-state index in [0.717, 1.165) is 17.1 Å². The monoisotopic (exact) mass is 754 g/mol. The third-order valence-electron chi connectivity index (χ3n) is 12.4. The van der Waals surface area contributed by atoms with Crippen LogP contribution in [-0.4, -0.2) is 4.57 Å². The largest absolute Gasteiger partial charge is 0.310 e. The third kappa shape index (κ3) is 5.87. The minimum absolute atomic E-state index is 0.0904. The Hall–Kier alpha value is -7.42. The van der Waals surface area contributed by atoms with Gasteiger partial charge in [0.25, 0.3) is 0 Å². The smallest absolute Gasteiger partial charge is 0.0547 e. The summed E-state index contributed by atoms with van der Waals surface area (Å²) in [5.41, 5.74) is 19.5. The van der Waals surface area contributed by atoms with Crippen LogP contribution in [0.4, 0.5) is 17.1 Å². The van der Waals surface area contributed by atoms with E-state index in [-0.39, 0.29) is 5.41 Å². The van der Waals surface area contributed by atoms with Gasteiger partial charge in [0.1, 0.15) is 0 Å². The molecule has 2 nitrogen and oxygen atoms in total. The van der Waals surface area contributed by atoms with Crippen molar-refractivity contribution in [3.05, 3.63) is 230 Å². The van der Waals surface area contributed by atoms with Crippen molar-refractivity contribution >= 4 is 38.9 Å². The molecule has 0 N–H and O–H groups in total. The molecule has 0 unspecified atom stereocenters. The zero-order valence-corrected chi connectivity index (χ0v) is 33.2. The lowest BCUT2D eigenvalue weighted by atomic mass is 9.82. The molecule has 0 saturated heterocycles. The molecule has 9 aromatic carbocycles. The van der Waals surface area contributed by atoms with Gasteiger partial charge >= 0.3 is 0 Å². The average molecular weight is 755 g/mol. The van der Waals surface area contributed by atoms with E-state index in [2.05, 4.69) is 242 Å². The normalized spacial score (nSPS) is 12.7. The van der Waals surface area contributed by atoms with E-state index in [1.807, 2.05) is 0 Å². The van der Waals surface area contributed by atoms with Crippen LogP contribution in [0.5, 0.6) is 0 Å². The van der Waals surface area contributed by atoms with Crippen molar-refractivity contribution in [2.24, 2.45) is 0 Å². The summed E-state index contributed by atoms with van der Waals surface area (Å²) in [5.74, 6) is 0. The Bertz CT molecular complexity index is 3140. The number of benzene rings is 9. The lowest BCUT2D eigenvalue weighted by molar-refractivity contribution is 0.660. The van der Waals surface area contributed by atoms with E-state index in [0.29, 0.717) is 0 Å². The number of nitrogens with zero attached hydrogens (tertiary/aromatic N) is 2. The molecule has 0 spiro atoms. The third-order valence-corrected chi connectivity index (χ3v) is 12.4. The Kier molecular flexibility index (Phi) is 8.20. The maximum Gasteiger partial charge on any atom is 0.0547 e. The molecule has 0 saturated carbocycles. The standard InChI is InChI=1S/C57H42N2/c1-57(2)53-19-11-9-17-49(53)50-36-34-48(38-54(50)57)58(46-30-25-41(26-31-46)39-13-5-3-6-14-39)47-32-27-42(28-33-47)40-21-23-43(24-22-40)44-29-35-52-51-18-10-12-20-55(51)59(56(52)37-44)45-15-7-4-8-16-45/h3-38H,1-2H3. The van der Waals surface area contributed by atoms with Gasteiger partial charge in [-0.2, -0.15) is 0 Å². The Morgan fingerprint density at radius 1 is 0.339 bits per heavy atom. The van der Waals surface area contributed by atoms with Crippen LogP contribution in [0.3, 0.4) is 0 Å². The van der Waals surface area contributed by atoms with Gasteiger partial charge in [0, 0.05) is 38.9 Å². The molecular weight excluding hydrogens is 713 g/mol. The molecule has 0 radical (unpaired) electrons. The zero-order valence-electron chi connectivity index (χ0n) is 33.2. The molecule has 10 aromatic rings. The molecule has 1 aromatic heterocycles. The number of rotatable bonds is 7. The summed E-state index contributed by atoms with van der Waals surface area (Å²) in [6.45, 7) is 4.70. The highest BCUT2D eigenvalue weighted by atomic mass is 15.1. The predicted octanol–water partition coefficient (Wildman–Crippen LogP) is 15.6. The van der Waals surface area contributed by atoms with Crippen molar-refractivity contribution in [2.75, 3.05) is 4.90 Å². The molecule has 11 rings (SSSR count). The SMILES string of the molecule is CC1(C)c2ccccc2-c2ccc(N(c3ccc(-c4ccccc4)cc3)c3ccc(-c4ccc(-c5ccc6c7ccccc7n(-c7ccccc7)c6c5)cc4)cc3)cc21. The zero-order chi connectivity index (χ0) is 39.5. The lowest BCUT2D eigenvalue weighted by Crippen LogP contribution is -2.16. The van der Waals surface area contributed by atoms with Gasteiger partial charge < -0.3 is 9.47 Å². The first-order valence-corrected chi connectivity index (χ1v) is 20.5. The van der Waals surface area contributed by atoms with Crippen LogP contribution in [0.25, 0.3) is 72.0 Å². The highest BCUT2D eigenvalue weighted by molar-refractivity contribution is 6.10. The van der Waals surface area contributed by atoms with Crippen LogP contribution in [0.15, 0.2) is 218 Å². The Morgan fingerprint density at radius 3 is 1.49 bits per heavy atom. The average Bonchev–Trinajstić information content (AvgIpc) is 3.75. The number of aromatic nitrogens is 1. The fourth-order valence-corrected chi connectivity index (χ4v) is 9.38. The molecule has 1 heterocycles. The number of anilines is 3. The van der Waals surface area contributed by atoms with Crippen LogP contribution in [-0.2, 0) is 5.41 Å². The second kappa shape index (κ2) is 13.9. The van der Waals surface area contributed by atoms with Gasteiger partial charge in [-0.05, 0) is 116 Å². The first-order valence-electron chi connectivity index (χ1n) is 20.5. The molecule has 1 aliphatic rings. The molecule has 2 heteroatoms. The van der Waals surface area contributed by atoms with E-state index < -0.39 is 0 Å². The Balaban J connectivity index is 0.939. The van der Waals surface area contributed by atoms with Crippen molar-refractivity contribution in [2.45, 2.75) is 19.3 Å². The minimum atomic E-state index is -0.0904. The second-order valence-corrected chi connectivity index (χ2v) is 16.2. The van der Waals surface area contributed by atoms with E-state index in [1.54, 1.807) is 0 Å². The Labute approximate surface area is 345 Å². The topological polar surface area (TPSA) is 8.17 Å². The molecule has 1 aliphatic carbocycles. The minimum Gasteiger partial charge on any atom is -0.310 e. The van der Waals surface area contributed by atoms with E-state index >= 15 is 0 Å². The summed E-state index contributed by atoms with van der Waals surface area (Å²) >= 11 is 0. The van der Waals surface area contributed by atoms with Crippen molar-refractivity contribution < 1.29 is 0 Å². The van der Waals surface area contributed by atoms with Gasteiger partial charge in [-0.25, -0.2) is 0 Å². The van der Waals surface area contributed by atoms with E-state index in [9.17, 15) is 0 Å². The first-order chi connectivity index (χ1) is 29.0. The summed E-state index contributed by atoms with van der Waals surface area (Å²) in [6.07, 6.45) is 0. The highest BCUT2D eigenvalue weighted by Crippen LogP contribution is 2.50. The quantitative estimate of drug-likeness (QED) is 0.157. The van der Waals surface area contributed by atoms with E-state index in [4.69, 9.17) is 0 Å². The van der Waals surface area contributed by atoms with Gasteiger partial charge in [0.05, 0.1) is 11.0 Å². The number of hydrogen-bond donors (Lipinski definition) is 0. The fourth-order valence-electron chi connectivity index (χ4n) is 9.38. The summed E-state index contributed by atoms with van der Waals surface area (Å²) in [7, 11) is 0. The summed E-state index contributed by atoms with van der Waals surface area (Å²) < 4.78 is 2.38. The molecule has 0 amide bonds. The molecular formula is C57H42N2. The van der Waals surface area contributed by atoms with Gasteiger partial charge in [-0.1, -0.05) is 172 Å². The van der Waals surface area contributed by atoms with Crippen LogP contribution >= 0.6 is 0 Å². The number of fused-ring (bicyclic) bond motifs is 6. The fraction of sp³-hybridized carbons (Fsp3) is 0.0526. The van der Waals surface area contributed by atoms with Gasteiger partial charge in [-0.15, -0.1) is 0 Å². The maximum atomic E-state index is 2.41. The van der Waals surface area contributed by atoms with Crippen LogP contribution < -0.4 is 4.90 Å². The lowest BCUT2D eigenvalue weighted by Gasteiger charge is -2.28. The van der Waals surface area contributed by atoms with Gasteiger partial charge in [-0.3, -0.25) is 0 Å². The van der Waals surface area contributed by atoms with Crippen molar-refractivity contribution in [1.29, 1.82) is 0 Å². The van der Waals surface area contributed by atoms with Gasteiger partial charge in [0.2, 0.25) is 0 Å². The molecule has 280 valence electrons. The first kappa shape index (κ1) is 34.8. The van der Waals surface area contributed by atoms with Crippen LogP contribution in [0, 0.1) is 0 Å². The molecule has 0 aliphatic heterocycles. The van der Waals surface area contributed by atoms with E-state index in [1.165, 1.54) is 83.1 Å². The second-order valence-electron chi connectivity index (χ2n) is 16.2. The Morgan fingerprint density at radius 2 is 0.814 bits per heavy atom. The molecule has 59 heavy (non-hydrogen) atoms. The van der Waals surface area contributed by atoms with Gasteiger partial charge in [0.15, 0.2) is 0 Å². The van der Waals surface area contributed by atoms with Crippen molar-refractivity contribution in [1.82, 2.24) is 4.57 Å². The summed E-state index contributed by atoms with van der Waals surface area (Å²) in [5, 5.41) is 2.53. The maximum absolute atomic E-state index is 2.41. The number of hydrogen-bond acceptors (Lipinski definition) is 1. The summed E-state index contributed by atoms with van der Waals surface area (Å²) in [6, 6.07) is 79.7. The summed E-state index contributed by atoms with van der Waals surface area (Å²) in [4.78, 5) is 2.39. The predicted molar refractivity (Wildman–Crippen MR) is 249 cm³/mol. The number of para-hydroxylation sites is 2. The van der Waals surface area contributed by atoms with Crippen LogP contribution in [0.2, 0.25) is 0 Å². The highest BCUT2D eigenvalue weighted by Gasteiger charge is 2.35. The van der Waals surface area contributed by atoms with Crippen molar-refractivity contribution in [3.8, 4) is 50.2 Å². The molecule has 0 fully saturated rings. The van der Waals surface area contributed by atoms with Crippen LogP contribution in [0.1, 0.15) is 25.0 Å². The van der Waals surface area contributed by atoms with Crippen molar-refractivity contribution in [3.63, 3.8) is 0 Å².